The standard InChI is InChI=1S/C20H24Cl2N2O4S/c1-4-13(3)24(14-7-8-29(26,27)11-14)18(25)10-28-20-17(22)9-16(21)15-6-5-12(2)23-19(15)20/h5-6,9,13-14H,4,7-8,10-11H2,1-3H3. The number of ether oxygens (including phenoxy) is 1. The number of nitrogens with zero attached hydrogens (tertiary/aromatic N) is 2. The maximum absolute atomic E-state index is 13.0. The van der Waals surface area contributed by atoms with E-state index in [9.17, 15) is 13.2 Å². The van der Waals surface area contributed by atoms with E-state index in [0.29, 0.717) is 34.5 Å². The molecule has 2 unspecified atom stereocenters. The number of pyridine rings is 1. The second kappa shape index (κ2) is 8.66. The van der Waals surface area contributed by atoms with Gasteiger partial charge >= 0.3 is 0 Å². The molecule has 6 nitrogen and oxygen atoms in total. The van der Waals surface area contributed by atoms with Gasteiger partial charge < -0.3 is 9.64 Å². The van der Waals surface area contributed by atoms with Gasteiger partial charge in [0.1, 0.15) is 5.52 Å². The molecule has 1 aliphatic rings. The molecule has 9 heteroatoms. The second-order valence-corrected chi connectivity index (χ2v) is 10.5. The maximum Gasteiger partial charge on any atom is 0.261 e. The van der Waals surface area contributed by atoms with E-state index in [0.717, 1.165) is 5.69 Å². The molecule has 0 radical (unpaired) electrons. The normalized spacial score (nSPS) is 19.3. The van der Waals surface area contributed by atoms with Crippen LogP contribution in [0, 0.1) is 6.92 Å². The zero-order valence-corrected chi connectivity index (χ0v) is 18.9. The average Bonchev–Trinajstić information content (AvgIpc) is 3.00. The van der Waals surface area contributed by atoms with E-state index in [-0.39, 0.29) is 41.1 Å². The van der Waals surface area contributed by atoms with Crippen LogP contribution in [0.5, 0.6) is 5.75 Å². The second-order valence-electron chi connectivity index (χ2n) is 7.42. The Labute approximate surface area is 181 Å². The van der Waals surface area contributed by atoms with E-state index in [1.165, 1.54) is 0 Å². The van der Waals surface area contributed by atoms with Crippen LogP contribution in [-0.4, -0.2) is 54.4 Å². The molecule has 1 amide bonds. The number of halogens is 2. The van der Waals surface area contributed by atoms with Crippen LogP contribution in [0.1, 0.15) is 32.4 Å². The van der Waals surface area contributed by atoms with Gasteiger partial charge in [-0.15, -0.1) is 0 Å². The summed E-state index contributed by atoms with van der Waals surface area (Å²) < 4.78 is 29.6. The molecule has 1 aliphatic heterocycles. The van der Waals surface area contributed by atoms with Gasteiger partial charge in [-0.2, -0.15) is 0 Å². The van der Waals surface area contributed by atoms with Crippen LogP contribution in [0.15, 0.2) is 18.2 Å². The van der Waals surface area contributed by atoms with E-state index in [1.54, 1.807) is 11.0 Å². The van der Waals surface area contributed by atoms with Crippen LogP contribution in [0.3, 0.4) is 0 Å². The molecule has 0 saturated carbocycles. The van der Waals surface area contributed by atoms with Crippen LogP contribution in [0.2, 0.25) is 10.0 Å². The van der Waals surface area contributed by atoms with Crippen molar-refractivity contribution in [3.05, 3.63) is 33.9 Å². The highest BCUT2D eigenvalue weighted by molar-refractivity contribution is 7.91. The summed E-state index contributed by atoms with van der Waals surface area (Å²) in [4.78, 5) is 19.1. The van der Waals surface area contributed by atoms with Gasteiger partial charge in [-0.1, -0.05) is 30.1 Å². The number of fused-ring (bicyclic) bond motifs is 1. The monoisotopic (exact) mass is 458 g/mol. The molecular formula is C20H24Cl2N2O4S. The molecule has 1 fully saturated rings. The molecule has 158 valence electrons. The Morgan fingerprint density at radius 2 is 2.07 bits per heavy atom. The molecule has 1 aromatic heterocycles. The zero-order valence-electron chi connectivity index (χ0n) is 16.6. The van der Waals surface area contributed by atoms with E-state index in [4.69, 9.17) is 27.9 Å². The number of sulfone groups is 1. The average molecular weight is 459 g/mol. The smallest absolute Gasteiger partial charge is 0.261 e. The molecule has 0 bridgehead atoms. The maximum atomic E-state index is 13.0. The lowest BCUT2D eigenvalue weighted by Gasteiger charge is -2.33. The number of aryl methyl sites for hydroxylation is 1. The molecule has 1 saturated heterocycles. The molecule has 3 rings (SSSR count). The molecular weight excluding hydrogens is 435 g/mol. The number of amides is 1. The summed E-state index contributed by atoms with van der Waals surface area (Å²) in [6.07, 6.45) is 1.16. The zero-order chi connectivity index (χ0) is 21.3. The Morgan fingerprint density at radius 3 is 2.69 bits per heavy atom. The summed E-state index contributed by atoms with van der Waals surface area (Å²) in [5.74, 6) is 0.129. The van der Waals surface area contributed by atoms with Gasteiger partial charge in [0.25, 0.3) is 5.91 Å². The number of carbonyl (C=O) groups excluding carboxylic acids is 1. The number of rotatable bonds is 6. The first kappa shape index (κ1) is 22.1. The largest absolute Gasteiger partial charge is 0.480 e. The minimum absolute atomic E-state index is 0.00549. The van der Waals surface area contributed by atoms with Crippen LogP contribution >= 0.6 is 23.2 Å². The Hall–Kier alpha value is -1.57. The minimum Gasteiger partial charge on any atom is -0.480 e. The van der Waals surface area contributed by atoms with Crippen molar-refractivity contribution < 1.29 is 17.9 Å². The summed E-state index contributed by atoms with van der Waals surface area (Å²) in [6.45, 7) is 5.46. The van der Waals surface area contributed by atoms with Crippen molar-refractivity contribution in [2.24, 2.45) is 0 Å². The lowest BCUT2D eigenvalue weighted by atomic mass is 10.1. The van der Waals surface area contributed by atoms with E-state index >= 15 is 0 Å². The van der Waals surface area contributed by atoms with Gasteiger partial charge in [0, 0.05) is 23.2 Å². The quantitative estimate of drug-likeness (QED) is 0.652. The van der Waals surface area contributed by atoms with Crippen molar-refractivity contribution in [1.82, 2.24) is 9.88 Å². The third kappa shape index (κ3) is 4.78. The first-order valence-corrected chi connectivity index (χ1v) is 12.1. The molecule has 2 aromatic rings. The van der Waals surface area contributed by atoms with Crippen LogP contribution < -0.4 is 4.74 Å². The van der Waals surface area contributed by atoms with Crippen molar-refractivity contribution in [3.8, 4) is 5.75 Å². The number of aromatic nitrogens is 1. The van der Waals surface area contributed by atoms with Gasteiger partial charge in [-0.25, -0.2) is 13.4 Å². The molecule has 2 atom stereocenters. The van der Waals surface area contributed by atoms with Gasteiger partial charge in [-0.05, 0) is 44.9 Å². The van der Waals surface area contributed by atoms with Crippen molar-refractivity contribution in [1.29, 1.82) is 0 Å². The minimum atomic E-state index is -3.11. The van der Waals surface area contributed by atoms with Gasteiger partial charge in [0.2, 0.25) is 0 Å². The Balaban J connectivity index is 1.86. The Kier molecular flexibility index (Phi) is 6.61. The molecule has 0 N–H and O–H groups in total. The molecule has 1 aromatic carbocycles. The Bertz CT molecular complexity index is 1040. The molecule has 2 heterocycles. The molecule has 0 spiro atoms. The summed E-state index contributed by atoms with van der Waals surface area (Å²) in [7, 11) is -3.11. The molecule has 0 aliphatic carbocycles. The van der Waals surface area contributed by atoms with Crippen LogP contribution in [-0.2, 0) is 14.6 Å². The van der Waals surface area contributed by atoms with Crippen molar-refractivity contribution >= 4 is 49.8 Å². The fourth-order valence-electron chi connectivity index (χ4n) is 3.64. The SMILES string of the molecule is CCC(C)N(C(=O)COc1c(Cl)cc(Cl)c2ccc(C)nc12)C1CCS(=O)(=O)C1. The highest BCUT2D eigenvalue weighted by Gasteiger charge is 2.36. The Morgan fingerprint density at radius 1 is 1.34 bits per heavy atom. The summed E-state index contributed by atoms with van der Waals surface area (Å²) in [5, 5.41) is 1.41. The number of hydrogen-bond acceptors (Lipinski definition) is 5. The predicted octanol–water partition coefficient (Wildman–Crippen LogP) is 4.04. The van der Waals surface area contributed by atoms with Crippen molar-refractivity contribution in [2.75, 3.05) is 18.1 Å². The van der Waals surface area contributed by atoms with Crippen molar-refractivity contribution in [2.45, 2.75) is 45.7 Å². The summed E-state index contributed by atoms with van der Waals surface area (Å²) in [5.41, 5.74) is 1.26. The number of benzene rings is 1. The predicted molar refractivity (Wildman–Crippen MR) is 116 cm³/mol. The first-order chi connectivity index (χ1) is 13.6. The van der Waals surface area contributed by atoms with Gasteiger partial charge in [0.05, 0.1) is 21.6 Å². The summed E-state index contributed by atoms with van der Waals surface area (Å²) in [6, 6.07) is 4.81. The lowest BCUT2D eigenvalue weighted by Crippen LogP contribution is -2.48. The third-order valence-corrected chi connectivity index (χ3v) is 7.62. The third-order valence-electron chi connectivity index (χ3n) is 5.27. The van der Waals surface area contributed by atoms with Crippen molar-refractivity contribution in [3.63, 3.8) is 0 Å². The fraction of sp³-hybridized carbons (Fsp3) is 0.500. The molecule has 29 heavy (non-hydrogen) atoms. The van der Waals surface area contributed by atoms with E-state index in [2.05, 4.69) is 4.98 Å². The van der Waals surface area contributed by atoms with Crippen LogP contribution in [0.4, 0.5) is 0 Å². The van der Waals surface area contributed by atoms with Crippen LogP contribution in [0.25, 0.3) is 10.9 Å². The highest BCUT2D eigenvalue weighted by atomic mass is 35.5. The summed E-state index contributed by atoms with van der Waals surface area (Å²) >= 11 is 12.6. The highest BCUT2D eigenvalue weighted by Crippen LogP contribution is 2.37. The fourth-order valence-corrected chi connectivity index (χ4v) is 5.92. The van der Waals surface area contributed by atoms with Gasteiger partial charge in [-0.3, -0.25) is 4.79 Å². The number of carbonyl (C=O) groups is 1. The lowest BCUT2D eigenvalue weighted by molar-refractivity contribution is -0.137. The number of hydrogen-bond donors (Lipinski definition) is 0. The van der Waals surface area contributed by atoms with Gasteiger partial charge in [0.15, 0.2) is 22.2 Å². The van der Waals surface area contributed by atoms with E-state index in [1.807, 2.05) is 32.9 Å². The van der Waals surface area contributed by atoms with E-state index < -0.39 is 9.84 Å². The first-order valence-electron chi connectivity index (χ1n) is 9.52. The topological polar surface area (TPSA) is 76.6 Å².